The van der Waals surface area contributed by atoms with Gasteiger partial charge in [-0.25, -0.2) is 0 Å². The van der Waals surface area contributed by atoms with Gasteiger partial charge in [0.25, 0.3) is 0 Å². The van der Waals surface area contributed by atoms with E-state index in [-0.39, 0.29) is 5.56 Å². The lowest BCUT2D eigenvalue weighted by atomic mass is 10.2. The molecule has 82 valence electrons. The van der Waals surface area contributed by atoms with E-state index in [1.54, 1.807) is 12.3 Å². The molecule has 0 fully saturated rings. The van der Waals surface area contributed by atoms with Crippen molar-refractivity contribution in [3.8, 4) is 0 Å². The predicted molar refractivity (Wildman–Crippen MR) is 66.9 cm³/mol. The quantitative estimate of drug-likeness (QED) is 0.611. The van der Waals surface area contributed by atoms with Gasteiger partial charge in [-0.05, 0) is 18.2 Å². The smallest absolute Gasteiger partial charge is 0.248 e. The molecule has 2 aromatic rings. The van der Waals surface area contributed by atoms with Gasteiger partial charge in [-0.1, -0.05) is 24.3 Å². The first-order chi connectivity index (χ1) is 8.33. The summed E-state index contributed by atoms with van der Waals surface area (Å²) in [7, 11) is 0. The lowest BCUT2D eigenvalue weighted by Crippen LogP contribution is -2.35. The van der Waals surface area contributed by atoms with Gasteiger partial charge in [-0.2, -0.15) is 0 Å². The Morgan fingerprint density at radius 2 is 1.82 bits per heavy atom. The summed E-state index contributed by atoms with van der Waals surface area (Å²) in [6.45, 7) is 0. The van der Waals surface area contributed by atoms with Crippen molar-refractivity contribution in [1.29, 1.82) is 0 Å². The molecule has 0 unspecified atom stereocenters. The fourth-order valence-electron chi connectivity index (χ4n) is 1.81. The Hall–Kier alpha value is -2.42. The van der Waals surface area contributed by atoms with E-state index in [4.69, 9.17) is 0 Å². The molecule has 3 rings (SSSR count). The zero-order chi connectivity index (χ0) is 11.7. The van der Waals surface area contributed by atoms with Gasteiger partial charge in [0, 0.05) is 28.1 Å². The Bertz CT molecular complexity index is 860. The number of hydrogen-bond acceptors (Lipinski definition) is 2. The normalized spacial score (nSPS) is 20.5. The SMILES string of the molecule is O=c1ccc2/c([nH]1)=C\C=c1\cccc\c1=N\C=2. The van der Waals surface area contributed by atoms with E-state index in [0.717, 1.165) is 21.1 Å². The summed E-state index contributed by atoms with van der Waals surface area (Å²) in [5.74, 6) is 0. The first-order valence-electron chi connectivity index (χ1n) is 5.37. The standard InChI is InChI=1S/C14H10N2O/c17-14-8-6-11-9-15-12-4-2-1-3-10(12)5-7-13(11)16-14/h1-9H,(H,16,17)/b7-5?,10-5-,11-9-,13-7+,15-9?,15-12-. The molecule has 0 saturated carbocycles. The zero-order valence-electron chi connectivity index (χ0n) is 9.05. The third-order valence-electron chi connectivity index (χ3n) is 2.69. The molecular formula is C14H10N2O. The number of fused-ring (bicyclic) bond motifs is 2. The minimum Gasteiger partial charge on any atom is -0.322 e. The Balaban J connectivity index is 2.46. The minimum atomic E-state index is -0.101. The largest absolute Gasteiger partial charge is 0.322 e. The lowest BCUT2D eigenvalue weighted by Gasteiger charge is -1.93. The molecule has 1 aliphatic heterocycles. The van der Waals surface area contributed by atoms with Gasteiger partial charge in [0.2, 0.25) is 5.56 Å². The van der Waals surface area contributed by atoms with Crippen molar-refractivity contribution in [2.45, 2.75) is 0 Å². The van der Waals surface area contributed by atoms with E-state index in [0.29, 0.717) is 0 Å². The van der Waals surface area contributed by atoms with Crippen LogP contribution in [0.25, 0.3) is 18.4 Å². The summed E-state index contributed by atoms with van der Waals surface area (Å²) in [6, 6.07) is 11.2. The number of benzene rings is 1. The molecule has 1 N–H and O–H groups in total. The number of nitrogens with one attached hydrogen (secondary N) is 1. The fraction of sp³-hybridized carbons (Fsp3) is 0. The second kappa shape index (κ2) is 3.87. The molecular weight excluding hydrogens is 212 g/mol. The zero-order valence-corrected chi connectivity index (χ0v) is 9.05. The first-order valence-corrected chi connectivity index (χ1v) is 5.37. The second-order valence-electron chi connectivity index (χ2n) is 3.84. The third-order valence-corrected chi connectivity index (χ3v) is 2.69. The number of aromatic nitrogens is 1. The van der Waals surface area contributed by atoms with Crippen molar-refractivity contribution in [1.82, 2.24) is 4.98 Å². The molecule has 1 aromatic carbocycles. The predicted octanol–water partition coefficient (Wildman–Crippen LogP) is -0.993. The van der Waals surface area contributed by atoms with Crippen LogP contribution in [0.3, 0.4) is 0 Å². The average Bonchev–Trinajstić information content (AvgIpc) is 2.33. The van der Waals surface area contributed by atoms with Crippen LogP contribution in [-0.2, 0) is 0 Å². The van der Waals surface area contributed by atoms with Crippen molar-refractivity contribution >= 4 is 18.4 Å². The van der Waals surface area contributed by atoms with Crippen LogP contribution in [0.15, 0.2) is 46.2 Å². The number of H-pyrrole nitrogens is 1. The molecule has 0 spiro atoms. The summed E-state index contributed by atoms with van der Waals surface area (Å²) >= 11 is 0. The van der Waals surface area contributed by atoms with Gasteiger partial charge in [-0.15, -0.1) is 0 Å². The summed E-state index contributed by atoms with van der Waals surface area (Å²) in [4.78, 5) is 18.5. The van der Waals surface area contributed by atoms with Crippen LogP contribution >= 0.6 is 0 Å². The molecule has 3 nitrogen and oxygen atoms in total. The Kier molecular flexibility index (Phi) is 2.22. The van der Waals surface area contributed by atoms with Gasteiger partial charge in [0.15, 0.2) is 0 Å². The number of para-hydroxylation sites is 1. The topological polar surface area (TPSA) is 45.2 Å². The van der Waals surface area contributed by atoms with Crippen molar-refractivity contribution in [3.63, 3.8) is 0 Å². The van der Waals surface area contributed by atoms with Gasteiger partial charge < -0.3 is 4.98 Å². The molecule has 2 heterocycles. The van der Waals surface area contributed by atoms with Crippen molar-refractivity contribution in [2.75, 3.05) is 0 Å². The molecule has 17 heavy (non-hydrogen) atoms. The van der Waals surface area contributed by atoms with E-state index >= 15 is 0 Å². The van der Waals surface area contributed by atoms with Crippen LogP contribution < -0.4 is 26.7 Å². The third kappa shape index (κ3) is 1.83. The van der Waals surface area contributed by atoms with Gasteiger partial charge in [0.1, 0.15) is 0 Å². The van der Waals surface area contributed by atoms with E-state index < -0.39 is 0 Å². The van der Waals surface area contributed by atoms with Crippen LogP contribution in [-0.4, -0.2) is 4.98 Å². The molecule has 0 atom stereocenters. The number of aromatic amines is 1. The molecule has 0 bridgehead atoms. The Morgan fingerprint density at radius 3 is 2.76 bits per heavy atom. The number of hydrogen-bond donors (Lipinski definition) is 1. The monoisotopic (exact) mass is 222 g/mol. The maximum absolute atomic E-state index is 11.3. The molecule has 3 heteroatoms. The molecule has 0 saturated heterocycles. The van der Waals surface area contributed by atoms with Crippen LogP contribution in [0.1, 0.15) is 0 Å². The highest BCUT2D eigenvalue weighted by molar-refractivity contribution is 5.60. The van der Waals surface area contributed by atoms with Gasteiger partial charge in [-0.3, -0.25) is 9.79 Å². The Labute approximate surface area is 96.8 Å². The molecule has 1 aliphatic rings. The molecule has 0 aliphatic carbocycles. The molecule has 0 radical (unpaired) electrons. The van der Waals surface area contributed by atoms with E-state index in [1.807, 2.05) is 36.4 Å². The van der Waals surface area contributed by atoms with E-state index in [2.05, 4.69) is 9.98 Å². The highest BCUT2D eigenvalue weighted by atomic mass is 16.1. The van der Waals surface area contributed by atoms with Crippen molar-refractivity contribution in [2.24, 2.45) is 4.99 Å². The molecule has 1 aromatic heterocycles. The van der Waals surface area contributed by atoms with Crippen LogP contribution in [0.2, 0.25) is 0 Å². The fourth-order valence-corrected chi connectivity index (χ4v) is 1.81. The maximum Gasteiger partial charge on any atom is 0.248 e. The van der Waals surface area contributed by atoms with Crippen LogP contribution in [0.4, 0.5) is 0 Å². The minimum absolute atomic E-state index is 0.101. The highest BCUT2D eigenvalue weighted by Crippen LogP contribution is 1.76. The molecule has 0 amide bonds. The van der Waals surface area contributed by atoms with Crippen LogP contribution in [0.5, 0.6) is 0 Å². The summed E-state index contributed by atoms with van der Waals surface area (Å²) in [5.41, 5.74) is -0.101. The van der Waals surface area contributed by atoms with Gasteiger partial charge in [0.05, 0.1) is 5.36 Å². The summed E-state index contributed by atoms with van der Waals surface area (Å²) in [5, 5.41) is 3.67. The van der Waals surface area contributed by atoms with Gasteiger partial charge >= 0.3 is 0 Å². The van der Waals surface area contributed by atoms with Crippen molar-refractivity contribution < 1.29 is 0 Å². The Morgan fingerprint density at radius 1 is 0.941 bits per heavy atom. The number of rotatable bonds is 0. The second-order valence-corrected chi connectivity index (χ2v) is 3.84. The maximum atomic E-state index is 11.3. The summed E-state index contributed by atoms with van der Waals surface area (Å²) < 4.78 is 0. The first kappa shape index (κ1) is 9.78. The van der Waals surface area contributed by atoms with E-state index in [9.17, 15) is 4.79 Å². The number of nitrogens with zero attached hydrogens (tertiary/aromatic N) is 1. The highest BCUT2D eigenvalue weighted by Gasteiger charge is 1.90. The summed E-state index contributed by atoms with van der Waals surface area (Å²) in [6.07, 6.45) is 5.63. The average molecular weight is 222 g/mol. The van der Waals surface area contributed by atoms with E-state index in [1.165, 1.54) is 6.07 Å². The lowest BCUT2D eigenvalue weighted by molar-refractivity contribution is 1.15. The van der Waals surface area contributed by atoms with Crippen molar-refractivity contribution in [3.05, 3.63) is 67.9 Å². The number of pyridine rings is 1. The van der Waals surface area contributed by atoms with Crippen LogP contribution in [0, 0.1) is 0 Å².